The van der Waals surface area contributed by atoms with Gasteiger partial charge in [-0.25, -0.2) is 9.89 Å². The van der Waals surface area contributed by atoms with E-state index in [0.717, 1.165) is 5.56 Å². The van der Waals surface area contributed by atoms with Gasteiger partial charge in [0.1, 0.15) is 5.76 Å². The molecule has 1 N–H and O–H groups in total. The van der Waals surface area contributed by atoms with Gasteiger partial charge in [0.25, 0.3) is 0 Å². The van der Waals surface area contributed by atoms with Gasteiger partial charge in [0.2, 0.25) is 0 Å². The molecule has 3 rings (SSSR count). The summed E-state index contributed by atoms with van der Waals surface area (Å²) in [6.45, 7) is 0. The van der Waals surface area contributed by atoms with Crippen molar-refractivity contribution in [3.8, 4) is 0 Å². The van der Waals surface area contributed by atoms with E-state index in [2.05, 4.69) is 15.3 Å². The van der Waals surface area contributed by atoms with Crippen LogP contribution in [0.2, 0.25) is 5.02 Å². The van der Waals surface area contributed by atoms with Crippen LogP contribution in [0.4, 0.5) is 0 Å². The standard InChI is InChI=1S/C14H11ClN4O2/c15-11-5-3-10(4-6-11)8-13-17-18-14(20)19(13)16-9-12-2-1-7-21-12/h1-7,9H,8H2,(H,18,20)/b16-9+. The van der Waals surface area contributed by atoms with Crippen LogP contribution in [0.1, 0.15) is 17.1 Å². The summed E-state index contributed by atoms with van der Waals surface area (Å²) >= 11 is 5.85. The van der Waals surface area contributed by atoms with Gasteiger partial charge in [-0.05, 0) is 29.8 Å². The van der Waals surface area contributed by atoms with E-state index < -0.39 is 5.69 Å². The lowest BCUT2D eigenvalue weighted by molar-refractivity contribution is 0.559. The third-order valence-corrected chi connectivity index (χ3v) is 3.09. The summed E-state index contributed by atoms with van der Waals surface area (Å²) in [6, 6.07) is 10.8. The van der Waals surface area contributed by atoms with Crippen molar-refractivity contribution in [2.75, 3.05) is 0 Å². The summed E-state index contributed by atoms with van der Waals surface area (Å²) in [6.07, 6.45) is 3.46. The molecule has 0 bridgehead atoms. The van der Waals surface area contributed by atoms with E-state index in [4.69, 9.17) is 16.0 Å². The average molecular weight is 303 g/mol. The molecule has 0 spiro atoms. The smallest absolute Gasteiger partial charge is 0.364 e. The van der Waals surface area contributed by atoms with Gasteiger partial charge in [-0.2, -0.15) is 14.9 Å². The van der Waals surface area contributed by atoms with Crippen LogP contribution in [0.5, 0.6) is 0 Å². The van der Waals surface area contributed by atoms with Crippen LogP contribution in [0.25, 0.3) is 0 Å². The van der Waals surface area contributed by atoms with Gasteiger partial charge in [0.15, 0.2) is 5.82 Å². The molecular formula is C14H11ClN4O2. The van der Waals surface area contributed by atoms with Crippen LogP contribution in [0, 0.1) is 0 Å². The highest BCUT2D eigenvalue weighted by Crippen LogP contribution is 2.12. The van der Waals surface area contributed by atoms with Crippen molar-refractivity contribution in [2.45, 2.75) is 6.42 Å². The predicted octanol–water partition coefficient (Wildman–Crippen LogP) is 2.29. The summed E-state index contributed by atoms with van der Waals surface area (Å²) in [5.74, 6) is 1.06. The van der Waals surface area contributed by atoms with Crippen molar-refractivity contribution in [1.82, 2.24) is 14.9 Å². The quantitative estimate of drug-likeness (QED) is 0.751. The highest BCUT2D eigenvalue weighted by Gasteiger charge is 2.08. The number of nitrogens with zero attached hydrogens (tertiary/aromatic N) is 3. The number of aromatic amines is 1. The SMILES string of the molecule is O=c1[nH]nc(Cc2ccc(Cl)cc2)n1/N=C/c1ccco1. The Labute approximate surface area is 124 Å². The minimum Gasteiger partial charge on any atom is -0.463 e. The molecule has 0 aliphatic rings. The van der Waals surface area contributed by atoms with Crippen molar-refractivity contribution >= 4 is 17.8 Å². The fourth-order valence-electron chi connectivity index (χ4n) is 1.82. The largest absolute Gasteiger partial charge is 0.463 e. The van der Waals surface area contributed by atoms with Gasteiger partial charge in [-0.1, -0.05) is 23.7 Å². The molecule has 3 aromatic rings. The zero-order chi connectivity index (χ0) is 14.7. The highest BCUT2D eigenvalue weighted by atomic mass is 35.5. The molecule has 0 saturated carbocycles. The Morgan fingerprint density at radius 2 is 2.14 bits per heavy atom. The second-order valence-corrected chi connectivity index (χ2v) is 4.76. The number of nitrogens with one attached hydrogen (secondary N) is 1. The van der Waals surface area contributed by atoms with E-state index in [1.807, 2.05) is 12.1 Å². The molecule has 7 heteroatoms. The number of benzene rings is 1. The van der Waals surface area contributed by atoms with E-state index in [9.17, 15) is 4.79 Å². The first-order valence-corrected chi connectivity index (χ1v) is 6.59. The minimum absolute atomic E-state index is 0.401. The summed E-state index contributed by atoms with van der Waals surface area (Å²) in [5.41, 5.74) is 0.578. The first-order valence-electron chi connectivity index (χ1n) is 6.21. The van der Waals surface area contributed by atoms with E-state index in [-0.39, 0.29) is 0 Å². The van der Waals surface area contributed by atoms with Gasteiger partial charge in [-0.3, -0.25) is 0 Å². The molecule has 106 valence electrons. The van der Waals surface area contributed by atoms with Crippen molar-refractivity contribution in [1.29, 1.82) is 0 Å². The van der Waals surface area contributed by atoms with E-state index >= 15 is 0 Å². The minimum atomic E-state index is -0.401. The Kier molecular flexibility index (Phi) is 3.70. The molecule has 2 heterocycles. The topological polar surface area (TPSA) is 76.2 Å². The first kappa shape index (κ1) is 13.4. The molecule has 0 unspecified atom stereocenters. The summed E-state index contributed by atoms with van der Waals surface area (Å²) in [4.78, 5) is 11.7. The monoisotopic (exact) mass is 302 g/mol. The maximum absolute atomic E-state index is 11.7. The summed E-state index contributed by atoms with van der Waals surface area (Å²) in [5, 5.41) is 11.1. The molecule has 1 aromatic carbocycles. The number of halogens is 1. The molecule has 0 radical (unpaired) electrons. The fraction of sp³-hybridized carbons (Fsp3) is 0.0714. The zero-order valence-electron chi connectivity index (χ0n) is 10.9. The van der Waals surface area contributed by atoms with Gasteiger partial charge >= 0.3 is 5.69 Å². The van der Waals surface area contributed by atoms with Crippen molar-refractivity contribution in [3.05, 3.63) is 75.3 Å². The number of hydrogen-bond donors (Lipinski definition) is 1. The third kappa shape index (κ3) is 3.11. The van der Waals surface area contributed by atoms with Crippen molar-refractivity contribution in [2.24, 2.45) is 5.10 Å². The van der Waals surface area contributed by atoms with Gasteiger partial charge in [-0.15, -0.1) is 0 Å². The third-order valence-electron chi connectivity index (χ3n) is 2.84. The lowest BCUT2D eigenvalue weighted by Gasteiger charge is -2.00. The Bertz CT molecular complexity index is 800. The van der Waals surface area contributed by atoms with Gasteiger partial charge in [0, 0.05) is 11.4 Å². The van der Waals surface area contributed by atoms with Crippen LogP contribution in [-0.2, 0) is 6.42 Å². The van der Waals surface area contributed by atoms with E-state index in [0.29, 0.717) is 23.0 Å². The maximum Gasteiger partial charge on any atom is 0.364 e. The molecule has 0 fully saturated rings. The number of furan rings is 1. The van der Waals surface area contributed by atoms with Crippen LogP contribution in [0.15, 0.2) is 57.0 Å². The van der Waals surface area contributed by atoms with Crippen molar-refractivity contribution < 1.29 is 4.42 Å². The molecule has 0 aliphatic carbocycles. The van der Waals surface area contributed by atoms with Gasteiger partial charge in [0.05, 0.1) is 12.5 Å². The Morgan fingerprint density at radius 3 is 2.86 bits per heavy atom. The van der Waals surface area contributed by atoms with Crippen LogP contribution < -0.4 is 5.69 Å². The van der Waals surface area contributed by atoms with E-state index in [1.165, 1.54) is 17.2 Å². The summed E-state index contributed by atoms with van der Waals surface area (Å²) in [7, 11) is 0. The van der Waals surface area contributed by atoms with E-state index in [1.54, 1.807) is 24.3 Å². The lowest BCUT2D eigenvalue weighted by Crippen LogP contribution is -2.15. The molecular weight excluding hydrogens is 292 g/mol. The number of H-pyrrole nitrogens is 1. The first-order chi connectivity index (χ1) is 10.2. The summed E-state index contributed by atoms with van der Waals surface area (Å²) < 4.78 is 6.34. The van der Waals surface area contributed by atoms with Crippen LogP contribution in [0.3, 0.4) is 0 Å². The molecule has 21 heavy (non-hydrogen) atoms. The Morgan fingerprint density at radius 1 is 1.33 bits per heavy atom. The number of hydrogen-bond acceptors (Lipinski definition) is 4. The second kappa shape index (κ2) is 5.80. The highest BCUT2D eigenvalue weighted by molar-refractivity contribution is 6.30. The molecule has 0 saturated heterocycles. The zero-order valence-corrected chi connectivity index (χ0v) is 11.6. The van der Waals surface area contributed by atoms with Gasteiger partial charge < -0.3 is 4.42 Å². The molecule has 6 nitrogen and oxygen atoms in total. The Hall–Kier alpha value is -2.60. The molecule has 0 atom stereocenters. The maximum atomic E-state index is 11.7. The second-order valence-electron chi connectivity index (χ2n) is 4.32. The van der Waals surface area contributed by atoms with Crippen LogP contribution >= 0.6 is 11.6 Å². The average Bonchev–Trinajstić information content (AvgIpc) is 3.10. The van der Waals surface area contributed by atoms with Crippen molar-refractivity contribution in [3.63, 3.8) is 0 Å². The Balaban J connectivity index is 1.86. The lowest BCUT2D eigenvalue weighted by atomic mass is 10.1. The number of aromatic nitrogens is 3. The fourth-order valence-corrected chi connectivity index (χ4v) is 1.95. The number of rotatable bonds is 4. The van der Waals surface area contributed by atoms with Crippen LogP contribution in [-0.4, -0.2) is 21.1 Å². The molecule has 2 aromatic heterocycles. The predicted molar refractivity (Wildman–Crippen MR) is 78.8 cm³/mol. The molecule has 0 aliphatic heterocycles. The normalized spacial score (nSPS) is 11.3. The molecule has 0 amide bonds.